The maximum Gasteiger partial charge on any atom is 0.224 e. The Balaban J connectivity index is 2.03. The standard InChI is InChI=1S/C20H20FN3O/c1-12-13(2)24(14(3)25)20-7-5-16(21)8-19(20)18(12)9-17-6-4-15(10-22)11-23-17/h4-8,11-13,18H,9H2,1-3H3/t12?,13-,18+/m0/s1. The van der Waals surface area contributed by atoms with Gasteiger partial charge in [-0.15, -0.1) is 0 Å². The van der Waals surface area contributed by atoms with Crippen molar-refractivity contribution in [3.63, 3.8) is 0 Å². The number of halogens is 1. The van der Waals surface area contributed by atoms with Crippen LogP contribution in [0.1, 0.15) is 43.5 Å². The summed E-state index contributed by atoms with van der Waals surface area (Å²) >= 11 is 0. The van der Waals surface area contributed by atoms with Crippen molar-refractivity contribution in [1.29, 1.82) is 5.26 Å². The lowest BCUT2D eigenvalue weighted by atomic mass is 9.75. The number of anilines is 1. The van der Waals surface area contributed by atoms with E-state index in [9.17, 15) is 9.18 Å². The molecule has 1 aliphatic heterocycles. The quantitative estimate of drug-likeness (QED) is 0.837. The number of pyridine rings is 1. The Morgan fingerprint density at radius 3 is 2.68 bits per heavy atom. The van der Waals surface area contributed by atoms with Crippen LogP contribution in [0.4, 0.5) is 10.1 Å². The lowest BCUT2D eigenvalue weighted by Gasteiger charge is -2.43. The largest absolute Gasteiger partial charge is 0.309 e. The van der Waals surface area contributed by atoms with Crippen LogP contribution in [0.3, 0.4) is 0 Å². The maximum atomic E-state index is 13.9. The normalized spacial score (nSPS) is 22.2. The van der Waals surface area contributed by atoms with Crippen molar-refractivity contribution >= 4 is 11.6 Å². The minimum Gasteiger partial charge on any atom is -0.309 e. The molecule has 2 heterocycles. The van der Waals surface area contributed by atoms with Gasteiger partial charge in [0.25, 0.3) is 0 Å². The first kappa shape index (κ1) is 17.1. The highest BCUT2D eigenvalue weighted by molar-refractivity contribution is 5.93. The number of nitrogens with zero attached hydrogens (tertiary/aromatic N) is 3. The first-order chi connectivity index (χ1) is 11.9. The first-order valence-electron chi connectivity index (χ1n) is 8.36. The second-order valence-corrected chi connectivity index (χ2v) is 6.65. The van der Waals surface area contributed by atoms with E-state index in [4.69, 9.17) is 5.26 Å². The molecule has 0 bridgehead atoms. The second kappa shape index (κ2) is 6.64. The number of rotatable bonds is 2. The van der Waals surface area contributed by atoms with Gasteiger partial charge in [-0.3, -0.25) is 9.78 Å². The summed E-state index contributed by atoms with van der Waals surface area (Å²) in [6.45, 7) is 5.65. The van der Waals surface area contributed by atoms with E-state index in [0.29, 0.717) is 12.0 Å². The number of carbonyl (C=O) groups is 1. The van der Waals surface area contributed by atoms with Crippen molar-refractivity contribution in [2.45, 2.75) is 39.2 Å². The monoisotopic (exact) mass is 337 g/mol. The number of aromatic nitrogens is 1. The van der Waals surface area contributed by atoms with E-state index < -0.39 is 0 Å². The summed E-state index contributed by atoms with van der Waals surface area (Å²) in [5, 5.41) is 8.90. The topological polar surface area (TPSA) is 57.0 Å². The molecule has 0 saturated carbocycles. The zero-order chi connectivity index (χ0) is 18.1. The van der Waals surface area contributed by atoms with Gasteiger partial charge in [0.1, 0.15) is 11.9 Å². The highest BCUT2D eigenvalue weighted by atomic mass is 19.1. The fourth-order valence-electron chi connectivity index (χ4n) is 3.70. The molecule has 0 radical (unpaired) electrons. The molecule has 128 valence electrons. The van der Waals surface area contributed by atoms with Crippen LogP contribution in [0.25, 0.3) is 0 Å². The van der Waals surface area contributed by atoms with Gasteiger partial charge in [0.15, 0.2) is 0 Å². The Morgan fingerprint density at radius 1 is 1.32 bits per heavy atom. The van der Waals surface area contributed by atoms with Crippen molar-refractivity contribution in [2.24, 2.45) is 5.92 Å². The van der Waals surface area contributed by atoms with Crippen molar-refractivity contribution in [2.75, 3.05) is 4.90 Å². The van der Waals surface area contributed by atoms with Gasteiger partial charge < -0.3 is 4.90 Å². The summed E-state index contributed by atoms with van der Waals surface area (Å²) in [5.74, 6) is -0.142. The fraction of sp³-hybridized carbons (Fsp3) is 0.350. The van der Waals surface area contributed by atoms with E-state index in [1.165, 1.54) is 12.1 Å². The number of carbonyl (C=O) groups excluding carboxylic acids is 1. The molecule has 1 unspecified atom stereocenters. The smallest absolute Gasteiger partial charge is 0.224 e. The molecule has 25 heavy (non-hydrogen) atoms. The van der Waals surface area contributed by atoms with Crippen molar-refractivity contribution < 1.29 is 9.18 Å². The molecule has 1 aromatic heterocycles. The minimum atomic E-state index is -0.304. The van der Waals surface area contributed by atoms with Gasteiger partial charge in [0.2, 0.25) is 5.91 Å². The molecule has 0 N–H and O–H groups in total. The van der Waals surface area contributed by atoms with Crippen LogP contribution in [-0.2, 0) is 11.2 Å². The molecule has 1 aliphatic rings. The van der Waals surface area contributed by atoms with Gasteiger partial charge in [0.05, 0.1) is 5.56 Å². The molecule has 0 fully saturated rings. The highest BCUT2D eigenvalue weighted by Crippen LogP contribution is 2.43. The number of hydrogen-bond donors (Lipinski definition) is 0. The van der Waals surface area contributed by atoms with Gasteiger partial charge >= 0.3 is 0 Å². The molecule has 3 rings (SSSR count). The minimum absolute atomic E-state index is 0.0128. The zero-order valence-corrected chi connectivity index (χ0v) is 14.5. The van der Waals surface area contributed by atoms with Gasteiger partial charge in [-0.1, -0.05) is 6.92 Å². The molecule has 5 heteroatoms. The highest BCUT2D eigenvalue weighted by Gasteiger charge is 2.38. The predicted molar refractivity (Wildman–Crippen MR) is 93.6 cm³/mol. The average molecular weight is 337 g/mol. The summed E-state index contributed by atoms with van der Waals surface area (Å²) in [4.78, 5) is 18.2. The zero-order valence-electron chi connectivity index (χ0n) is 14.5. The van der Waals surface area contributed by atoms with Crippen molar-refractivity contribution in [3.05, 3.63) is 59.2 Å². The van der Waals surface area contributed by atoms with E-state index in [1.807, 2.05) is 13.0 Å². The van der Waals surface area contributed by atoms with E-state index in [2.05, 4.69) is 18.0 Å². The Hall–Kier alpha value is -2.74. The van der Waals surface area contributed by atoms with Crippen LogP contribution in [0.15, 0.2) is 36.5 Å². The van der Waals surface area contributed by atoms with E-state index in [1.54, 1.807) is 30.2 Å². The van der Waals surface area contributed by atoms with Crippen molar-refractivity contribution in [3.8, 4) is 6.07 Å². The second-order valence-electron chi connectivity index (χ2n) is 6.65. The first-order valence-corrected chi connectivity index (χ1v) is 8.36. The molecular weight excluding hydrogens is 317 g/mol. The van der Waals surface area contributed by atoms with Crippen LogP contribution in [0.5, 0.6) is 0 Å². The Kier molecular flexibility index (Phi) is 4.54. The van der Waals surface area contributed by atoms with Gasteiger partial charge in [-0.05, 0) is 61.1 Å². The maximum absolute atomic E-state index is 13.9. The number of amides is 1. The van der Waals surface area contributed by atoms with E-state index in [0.717, 1.165) is 16.9 Å². The van der Waals surface area contributed by atoms with E-state index in [-0.39, 0.29) is 29.6 Å². The SMILES string of the molecule is CC(=O)N1c2ccc(F)cc2[C@H](Cc2ccc(C#N)cn2)C(C)[C@@H]1C. The lowest BCUT2D eigenvalue weighted by molar-refractivity contribution is -0.117. The molecule has 0 saturated heterocycles. The van der Waals surface area contributed by atoms with Crippen LogP contribution in [0.2, 0.25) is 0 Å². The van der Waals surface area contributed by atoms with Crippen LogP contribution >= 0.6 is 0 Å². The Bertz CT molecular complexity index is 841. The van der Waals surface area contributed by atoms with Crippen LogP contribution < -0.4 is 4.90 Å². The molecule has 1 aromatic carbocycles. The third-order valence-electron chi connectivity index (χ3n) is 5.17. The van der Waals surface area contributed by atoms with Crippen LogP contribution in [0, 0.1) is 23.1 Å². The number of nitriles is 1. The van der Waals surface area contributed by atoms with E-state index >= 15 is 0 Å². The predicted octanol–water partition coefficient (Wildman–Crippen LogP) is 3.81. The number of hydrogen-bond acceptors (Lipinski definition) is 3. The fourth-order valence-corrected chi connectivity index (χ4v) is 3.70. The summed E-state index contributed by atoms with van der Waals surface area (Å²) < 4.78 is 13.9. The molecule has 4 nitrogen and oxygen atoms in total. The third kappa shape index (κ3) is 3.12. The van der Waals surface area contributed by atoms with Crippen molar-refractivity contribution in [1.82, 2.24) is 4.98 Å². The Labute approximate surface area is 146 Å². The third-order valence-corrected chi connectivity index (χ3v) is 5.17. The molecule has 3 atom stereocenters. The molecule has 2 aromatic rings. The van der Waals surface area contributed by atoms with Crippen LogP contribution in [-0.4, -0.2) is 16.9 Å². The Morgan fingerprint density at radius 2 is 2.08 bits per heavy atom. The lowest BCUT2D eigenvalue weighted by Crippen LogP contribution is -2.47. The average Bonchev–Trinajstić information content (AvgIpc) is 2.60. The van der Waals surface area contributed by atoms with Gasteiger partial charge in [-0.25, -0.2) is 4.39 Å². The molecule has 0 aliphatic carbocycles. The van der Waals surface area contributed by atoms with Gasteiger partial charge in [-0.2, -0.15) is 5.26 Å². The van der Waals surface area contributed by atoms with Gasteiger partial charge in [0, 0.05) is 30.5 Å². The summed E-state index contributed by atoms with van der Waals surface area (Å²) in [7, 11) is 0. The number of benzene rings is 1. The summed E-state index contributed by atoms with van der Waals surface area (Å²) in [6.07, 6.45) is 2.19. The molecular formula is C20H20FN3O. The summed E-state index contributed by atoms with van der Waals surface area (Å²) in [5.41, 5.74) is 2.99. The molecule has 1 amide bonds. The molecule has 0 spiro atoms. The number of fused-ring (bicyclic) bond motifs is 1. The summed E-state index contributed by atoms with van der Waals surface area (Å²) in [6, 6.07) is 10.3.